The molecule has 1 aliphatic carbocycles. The third-order valence-corrected chi connectivity index (χ3v) is 5.99. The molecule has 0 radical (unpaired) electrons. The molecule has 2 heterocycles. The number of hydrogen-bond donors (Lipinski definition) is 0. The summed E-state index contributed by atoms with van der Waals surface area (Å²) in [6.07, 6.45) is 4.81. The van der Waals surface area contributed by atoms with Crippen LogP contribution in [0.4, 0.5) is 0 Å². The van der Waals surface area contributed by atoms with Gasteiger partial charge in [-0.3, -0.25) is 19.3 Å². The van der Waals surface area contributed by atoms with Crippen LogP contribution in [0.15, 0.2) is 63.8 Å². The molecular weight excluding hydrogens is 398 g/mol. The lowest BCUT2D eigenvalue weighted by Crippen LogP contribution is -2.36. The molecule has 1 aromatic heterocycles. The zero-order chi connectivity index (χ0) is 21.5. The molecule has 0 bridgehead atoms. The standard InChI is InChI=1S/C24H19NO6/c26-20-11-15(22-16-6-2-1-5-14(16)9-10-19(22)31-20)13-30-21(27)12-25-23(28)17-7-3-4-8-18(17)24(25)29/h1-6,9-11,17-18H,7-8,12-13H2/t17-,18-/m0/s1. The first-order chi connectivity index (χ1) is 15.0. The van der Waals surface area contributed by atoms with Crippen molar-refractivity contribution in [3.05, 3.63) is 70.6 Å². The van der Waals surface area contributed by atoms with Gasteiger partial charge < -0.3 is 9.15 Å². The summed E-state index contributed by atoms with van der Waals surface area (Å²) >= 11 is 0. The van der Waals surface area contributed by atoms with Gasteiger partial charge >= 0.3 is 11.6 Å². The van der Waals surface area contributed by atoms with Crippen LogP contribution in [0.3, 0.4) is 0 Å². The minimum absolute atomic E-state index is 0.167. The zero-order valence-corrected chi connectivity index (χ0v) is 16.6. The zero-order valence-electron chi connectivity index (χ0n) is 16.6. The maximum atomic E-state index is 12.5. The van der Waals surface area contributed by atoms with Gasteiger partial charge in [-0.15, -0.1) is 0 Å². The van der Waals surface area contributed by atoms with E-state index in [0.29, 0.717) is 29.4 Å². The lowest BCUT2D eigenvalue weighted by Gasteiger charge is -2.14. The smallest absolute Gasteiger partial charge is 0.336 e. The summed E-state index contributed by atoms with van der Waals surface area (Å²) in [6, 6.07) is 12.5. The maximum Gasteiger partial charge on any atom is 0.336 e. The number of ether oxygens (including phenoxy) is 1. The molecule has 7 nitrogen and oxygen atoms in total. The summed E-state index contributed by atoms with van der Waals surface area (Å²) in [5, 5.41) is 2.52. The summed E-state index contributed by atoms with van der Waals surface area (Å²) < 4.78 is 10.7. The Morgan fingerprint density at radius 2 is 1.71 bits per heavy atom. The van der Waals surface area contributed by atoms with Crippen LogP contribution in [0.25, 0.3) is 21.7 Å². The fourth-order valence-corrected chi connectivity index (χ4v) is 4.49. The van der Waals surface area contributed by atoms with E-state index in [1.54, 1.807) is 6.07 Å². The Labute approximate surface area is 176 Å². The first-order valence-electron chi connectivity index (χ1n) is 10.1. The number of carbonyl (C=O) groups excluding carboxylic acids is 3. The van der Waals surface area contributed by atoms with Crippen molar-refractivity contribution in [3.63, 3.8) is 0 Å². The van der Waals surface area contributed by atoms with Crippen molar-refractivity contribution in [1.29, 1.82) is 0 Å². The molecule has 2 aliphatic rings. The van der Waals surface area contributed by atoms with E-state index in [4.69, 9.17) is 9.15 Å². The number of imide groups is 1. The predicted octanol–water partition coefficient (Wildman–Crippen LogP) is 2.94. The Hall–Kier alpha value is -3.74. The van der Waals surface area contributed by atoms with Crippen molar-refractivity contribution >= 4 is 39.5 Å². The van der Waals surface area contributed by atoms with E-state index in [2.05, 4.69) is 0 Å². The number of benzene rings is 2. The normalized spacial score (nSPS) is 20.5. The summed E-state index contributed by atoms with van der Waals surface area (Å²) in [7, 11) is 0. The van der Waals surface area contributed by atoms with Crippen molar-refractivity contribution in [2.45, 2.75) is 19.4 Å². The van der Waals surface area contributed by atoms with Gasteiger partial charge in [0.05, 0.1) is 11.8 Å². The van der Waals surface area contributed by atoms with E-state index in [1.165, 1.54) is 6.07 Å². The molecule has 0 unspecified atom stereocenters. The largest absolute Gasteiger partial charge is 0.459 e. The summed E-state index contributed by atoms with van der Waals surface area (Å²) in [5.41, 5.74) is 0.363. The van der Waals surface area contributed by atoms with Gasteiger partial charge in [0.25, 0.3) is 0 Å². The van der Waals surface area contributed by atoms with E-state index in [0.717, 1.165) is 15.7 Å². The number of allylic oxidation sites excluding steroid dienone is 2. The number of nitrogens with zero attached hydrogens (tertiary/aromatic N) is 1. The Bertz CT molecular complexity index is 1290. The predicted molar refractivity (Wildman–Crippen MR) is 112 cm³/mol. The van der Waals surface area contributed by atoms with Crippen molar-refractivity contribution in [2.75, 3.05) is 6.54 Å². The van der Waals surface area contributed by atoms with Gasteiger partial charge in [-0.2, -0.15) is 0 Å². The summed E-state index contributed by atoms with van der Waals surface area (Å²) in [6.45, 7) is -0.593. The van der Waals surface area contributed by atoms with E-state index in [9.17, 15) is 19.2 Å². The van der Waals surface area contributed by atoms with Crippen LogP contribution in [0.5, 0.6) is 0 Å². The lowest BCUT2D eigenvalue weighted by atomic mass is 9.85. The van der Waals surface area contributed by atoms with Crippen LogP contribution in [-0.4, -0.2) is 29.2 Å². The van der Waals surface area contributed by atoms with Crippen molar-refractivity contribution in [2.24, 2.45) is 11.8 Å². The number of amides is 2. The van der Waals surface area contributed by atoms with Crippen molar-refractivity contribution in [3.8, 4) is 0 Å². The Morgan fingerprint density at radius 1 is 1.00 bits per heavy atom. The third kappa shape index (κ3) is 3.32. The van der Waals surface area contributed by atoms with E-state index in [-0.39, 0.29) is 30.3 Å². The van der Waals surface area contributed by atoms with Crippen LogP contribution < -0.4 is 5.63 Å². The number of rotatable bonds is 4. The third-order valence-electron chi connectivity index (χ3n) is 5.99. The van der Waals surface area contributed by atoms with Crippen molar-refractivity contribution < 1.29 is 23.5 Å². The molecule has 0 saturated carbocycles. The number of likely N-dealkylation sites (tertiary alicyclic amines) is 1. The molecule has 0 N–H and O–H groups in total. The quantitative estimate of drug-likeness (QED) is 0.213. The molecule has 156 valence electrons. The molecule has 7 heteroatoms. The van der Waals surface area contributed by atoms with Crippen LogP contribution in [0, 0.1) is 11.8 Å². The molecule has 2 amide bonds. The Morgan fingerprint density at radius 3 is 2.45 bits per heavy atom. The van der Waals surface area contributed by atoms with Crippen LogP contribution in [0.1, 0.15) is 18.4 Å². The Kier molecular flexibility index (Phi) is 4.66. The fourth-order valence-electron chi connectivity index (χ4n) is 4.49. The highest BCUT2D eigenvalue weighted by molar-refractivity contribution is 6.08. The minimum atomic E-state index is -0.699. The monoisotopic (exact) mass is 417 g/mol. The van der Waals surface area contributed by atoms with Gasteiger partial charge in [0, 0.05) is 17.0 Å². The molecule has 1 aliphatic heterocycles. The number of hydrogen-bond acceptors (Lipinski definition) is 6. The van der Waals surface area contributed by atoms with E-state index in [1.807, 2.05) is 42.5 Å². The van der Waals surface area contributed by atoms with Crippen LogP contribution in [0.2, 0.25) is 0 Å². The first-order valence-corrected chi connectivity index (χ1v) is 10.1. The number of esters is 1. The van der Waals surface area contributed by atoms with Gasteiger partial charge in [0.2, 0.25) is 11.8 Å². The number of carbonyl (C=O) groups is 3. The maximum absolute atomic E-state index is 12.5. The Balaban J connectivity index is 1.37. The molecule has 3 aromatic rings. The highest BCUT2D eigenvalue weighted by Crippen LogP contribution is 2.35. The van der Waals surface area contributed by atoms with E-state index < -0.39 is 18.1 Å². The average Bonchev–Trinajstić information content (AvgIpc) is 3.02. The molecule has 1 fully saturated rings. The molecule has 1 saturated heterocycles. The number of fused-ring (bicyclic) bond motifs is 4. The van der Waals surface area contributed by atoms with Gasteiger partial charge in [-0.25, -0.2) is 4.79 Å². The second kappa shape index (κ2) is 7.50. The molecule has 31 heavy (non-hydrogen) atoms. The first kappa shape index (κ1) is 19.2. The highest BCUT2D eigenvalue weighted by atomic mass is 16.5. The molecular formula is C24H19NO6. The van der Waals surface area contributed by atoms with E-state index >= 15 is 0 Å². The summed E-state index contributed by atoms with van der Waals surface area (Å²) in [5.74, 6) is -2.13. The molecule has 2 atom stereocenters. The van der Waals surface area contributed by atoms with Gasteiger partial charge in [0.15, 0.2) is 0 Å². The SMILES string of the molecule is O=C(CN1C(=O)[C@H]2CC=CC[C@@H]2C1=O)OCc1cc(=O)oc2ccc3ccccc3c12. The van der Waals surface area contributed by atoms with Gasteiger partial charge in [-0.1, -0.05) is 42.5 Å². The fraction of sp³-hybridized carbons (Fsp3) is 0.250. The molecule has 2 aromatic carbocycles. The van der Waals surface area contributed by atoms with Gasteiger partial charge in [-0.05, 0) is 29.7 Å². The highest BCUT2D eigenvalue weighted by Gasteiger charge is 2.47. The molecule has 0 spiro atoms. The van der Waals surface area contributed by atoms with Gasteiger partial charge in [0.1, 0.15) is 18.7 Å². The van der Waals surface area contributed by atoms with Crippen LogP contribution in [-0.2, 0) is 25.7 Å². The van der Waals surface area contributed by atoms with Crippen LogP contribution >= 0.6 is 0 Å². The second-order valence-corrected chi connectivity index (χ2v) is 7.83. The minimum Gasteiger partial charge on any atom is -0.459 e. The molecule has 5 rings (SSSR count). The average molecular weight is 417 g/mol. The second-order valence-electron chi connectivity index (χ2n) is 7.83. The summed E-state index contributed by atoms with van der Waals surface area (Å²) in [4.78, 5) is 50.5. The lowest BCUT2D eigenvalue weighted by molar-refractivity contribution is -0.153. The van der Waals surface area contributed by atoms with Crippen molar-refractivity contribution in [1.82, 2.24) is 4.90 Å². The topological polar surface area (TPSA) is 93.9 Å².